The van der Waals surface area contributed by atoms with Crippen LogP contribution >= 0.6 is 11.8 Å². The van der Waals surface area contributed by atoms with E-state index in [9.17, 15) is 4.79 Å². The molecule has 5 nitrogen and oxygen atoms in total. The van der Waals surface area contributed by atoms with E-state index in [0.717, 1.165) is 22.6 Å². The van der Waals surface area contributed by atoms with Crippen molar-refractivity contribution >= 4 is 17.5 Å². The van der Waals surface area contributed by atoms with Gasteiger partial charge in [0, 0.05) is 29.2 Å². The van der Waals surface area contributed by atoms with E-state index in [1.165, 1.54) is 17.3 Å². The van der Waals surface area contributed by atoms with Crippen LogP contribution in [0.25, 0.3) is 17.1 Å². The average Bonchev–Trinajstić information content (AvgIpc) is 3.18. The van der Waals surface area contributed by atoms with Crippen molar-refractivity contribution < 1.29 is 4.79 Å². The zero-order chi connectivity index (χ0) is 21.1. The van der Waals surface area contributed by atoms with Gasteiger partial charge in [0.05, 0.1) is 5.25 Å². The van der Waals surface area contributed by atoms with Gasteiger partial charge in [-0.1, -0.05) is 59.3 Å². The second-order valence-corrected chi connectivity index (χ2v) is 8.51. The highest BCUT2D eigenvalue weighted by Crippen LogP contribution is 2.31. The van der Waals surface area contributed by atoms with Gasteiger partial charge in [-0.05, 0) is 45.0 Å². The summed E-state index contributed by atoms with van der Waals surface area (Å²) in [5.74, 6) is 0.794. The summed E-state index contributed by atoms with van der Waals surface area (Å²) in [4.78, 5) is 17.0. The molecule has 0 radical (unpaired) electrons. The molecule has 0 aliphatic carbocycles. The summed E-state index contributed by atoms with van der Waals surface area (Å²) in [5.41, 5.74) is 4.89. The fraction of sp³-hybridized carbons (Fsp3) is 0.167. The summed E-state index contributed by atoms with van der Waals surface area (Å²) in [6.07, 6.45) is 3.47. The molecule has 0 aliphatic rings. The number of carbonyl (C=O) groups excluding carboxylic acids is 1. The maximum absolute atomic E-state index is 12.9. The first-order valence-electron chi connectivity index (χ1n) is 9.73. The van der Waals surface area contributed by atoms with Gasteiger partial charge >= 0.3 is 0 Å². The number of thioether (sulfide) groups is 1. The second kappa shape index (κ2) is 8.63. The van der Waals surface area contributed by atoms with Crippen LogP contribution < -0.4 is 0 Å². The van der Waals surface area contributed by atoms with E-state index in [-0.39, 0.29) is 11.0 Å². The van der Waals surface area contributed by atoms with Gasteiger partial charge in [-0.3, -0.25) is 14.3 Å². The average molecular weight is 415 g/mol. The Kier molecular flexibility index (Phi) is 5.77. The Morgan fingerprint density at radius 2 is 1.47 bits per heavy atom. The first-order chi connectivity index (χ1) is 14.5. The molecule has 2 heterocycles. The predicted octanol–water partition coefficient (Wildman–Crippen LogP) is 5.31. The molecule has 0 spiro atoms. The maximum atomic E-state index is 12.9. The summed E-state index contributed by atoms with van der Waals surface area (Å²) in [5, 5.41) is 9.24. The molecule has 1 unspecified atom stereocenters. The number of rotatable bonds is 6. The number of benzene rings is 2. The lowest BCUT2D eigenvalue weighted by Gasteiger charge is -2.13. The van der Waals surface area contributed by atoms with Crippen LogP contribution in [-0.4, -0.2) is 30.8 Å². The molecule has 1 atom stereocenters. The molecule has 4 rings (SSSR count). The molecule has 150 valence electrons. The maximum Gasteiger partial charge on any atom is 0.196 e. The van der Waals surface area contributed by atoms with Gasteiger partial charge in [-0.25, -0.2) is 0 Å². The molecule has 2 aromatic heterocycles. The number of aromatic nitrogens is 4. The highest BCUT2D eigenvalue weighted by molar-refractivity contribution is 8.00. The molecule has 6 heteroatoms. The van der Waals surface area contributed by atoms with Crippen molar-refractivity contribution in [3.63, 3.8) is 0 Å². The first-order valence-corrected chi connectivity index (χ1v) is 10.6. The smallest absolute Gasteiger partial charge is 0.196 e. The Bertz CT molecular complexity index is 1150. The van der Waals surface area contributed by atoms with Crippen LogP contribution in [0.3, 0.4) is 0 Å². The molecule has 0 bridgehead atoms. The minimum Gasteiger partial charge on any atom is -0.293 e. The summed E-state index contributed by atoms with van der Waals surface area (Å²) in [6.45, 7) is 5.97. The SMILES string of the molecule is Cc1ccc(C(=O)C(C)Sc2nnc(-c3ccncc3)n2-c2ccc(C)cc2)cc1. The summed E-state index contributed by atoms with van der Waals surface area (Å²) < 4.78 is 2.00. The van der Waals surface area contributed by atoms with Gasteiger partial charge in [0.1, 0.15) is 0 Å². The fourth-order valence-corrected chi connectivity index (χ4v) is 4.07. The zero-order valence-corrected chi connectivity index (χ0v) is 17.9. The molecule has 4 aromatic rings. The van der Waals surface area contributed by atoms with Crippen molar-refractivity contribution in [2.45, 2.75) is 31.2 Å². The number of pyridine rings is 1. The van der Waals surface area contributed by atoms with Crippen LogP contribution in [0.15, 0.2) is 78.2 Å². The van der Waals surface area contributed by atoms with Crippen molar-refractivity contribution in [2.24, 2.45) is 0 Å². The normalized spacial score (nSPS) is 12.0. The highest BCUT2D eigenvalue weighted by atomic mass is 32.2. The van der Waals surface area contributed by atoms with Crippen LogP contribution in [0.2, 0.25) is 0 Å². The molecule has 0 N–H and O–H groups in total. The number of hydrogen-bond acceptors (Lipinski definition) is 5. The Hall–Kier alpha value is -3.25. The molecular formula is C24H22N4OS. The van der Waals surface area contributed by atoms with Gasteiger partial charge in [0.15, 0.2) is 16.8 Å². The molecule has 0 saturated carbocycles. The summed E-state index contributed by atoms with van der Waals surface area (Å²) in [6, 6.07) is 19.7. The highest BCUT2D eigenvalue weighted by Gasteiger charge is 2.22. The van der Waals surface area contributed by atoms with E-state index >= 15 is 0 Å². The monoisotopic (exact) mass is 414 g/mol. The van der Waals surface area contributed by atoms with Crippen LogP contribution in [0.1, 0.15) is 28.4 Å². The second-order valence-electron chi connectivity index (χ2n) is 7.20. The number of hydrogen-bond donors (Lipinski definition) is 0. The lowest BCUT2D eigenvalue weighted by Crippen LogP contribution is -2.14. The largest absolute Gasteiger partial charge is 0.293 e. The molecule has 0 saturated heterocycles. The molecular weight excluding hydrogens is 392 g/mol. The number of ketones is 1. The minimum atomic E-state index is -0.300. The van der Waals surface area contributed by atoms with E-state index in [1.54, 1.807) is 12.4 Å². The Balaban J connectivity index is 1.71. The van der Waals surface area contributed by atoms with E-state index in [1.807, 2.05) is 66.9 Å². The third-order valence-corrected chi connectivity index (χ3v) is 5.89. The van der Waals surface area contributed by atoms with Crippen molar-refractivity contribution in [1.82, 2.24) is 19.7 Å². The first kappa shape index (κ1) is 20.0. The molecule has 2 aromatic carbocycles. The van der Waals surface area contributed by atoms with Crippen LogP contribution in [0.4, 0.5) is 0 Å². The third kappa shape index (κ3) is 4.19. The zero-order valence-electron chi connectivity index (χ0n) is 17.1. The number of carbonyl (C=O) groups is 1. The molecule has 30 heavy (non-hydrogen) atoms. The predicted molar refractivity (Wildman–Crippen MR) is 120 cm³/mol. The minimum absolute atomic E-state index is 0.0731. The van der Waals surface area contributed by atoms with Crippen molar-refractivity contribution in [2.75, 3.05) is 0 Å². The van der Waals surface area contributed by atoms with Crippen LogP contribution in [0, 0.1) is 13.8 Å². The number of aryl methyl sites for hydroxylation is 2. The van der Waals surface area contributed by atoms with Crippen molar-refractivity contribution in [3.05, 3.63) is 89.7 Å². The van der Waals surface area contributed by atoms with Gasteiger partial charge in [-0.2, -0.15) is 0 Å². The quantitative estimate of drug-likeness (QED) is 0.316. The van der Waals surface area contributed by atoms with E-state index in [2.05, 4.69) is 34.2 Å². The molecule has 0 amide bonds. The summed E-state index contributed by atoms with van der Waals surface area (Å²) >= 11 is 1.42. The molecule has 0 fully saturated rings. The number of Topliss-reactive ketones (excluding diaryl/α,β-unsaturated/α-hetero) is 1. The Morgan fingerprint density at radius 3 is 2.10 bits per heavy atom. The van der Waals surface area contributed by atoms with Gasteiger partial charge < -0.3 is 0 Å². The van der Waals surface area contributed by atoms with Crippen molar-refractivity contribution in [1.29, 1.82) is 0 Å². The van der Waals surface area contributed by atoms with Gasteiger partial charge in [-0.15, -0.1) is 10.2 Å². The van der Waals surface area contributed by atoms with E-state index in [4.69, 9.17) is 0 Å². The Labute approximate surface area is 180 Å². The lowest BCUT2D eigenvalue weighted by atomic mass is 10.1. The number of nitrogens with zero attached hydrogens (tertiary/aromatic N) is 4. The lowest BCUT2D eigenvalue weighted by molar-refractivity contribution is 0.0994. The van der Waals surface area contributed by atoms with Gasteiger partial charge in [0.25, 0.3) is 0 Å². The van der Waals surface area contributed by atoms with Crippen LogP contribution in [0.5, 0.6) is 0 Å². The topological polar surface area (TPSA) is 60.7 Å². The molecule has 0 aliphatic heterocycles. The van der Waals surface area contributed by atoms with Crippen molar-refractivity contribution in [3.8, 4) is 17.1 Å². The fourth-order valence-electron chi connectivity index (χ4n) is 3.12. The third-order valence-electron chi connectivity index (χ3n) is 4.85. The van der Waals surface area contributed by atoms with Gasteiger partial charge in [0.2, 0.25) is 0 Å². The van der Waals surface area contributed by atoms with E-state index < -0.39 is 0 Å². The summed E-state index contributed by atoms with van der Waals surface area (Å²) in [7, 11) is 0. The van der Waals surface area contributed by atoms with E-state index in [0.29, 0.717) is 10.7 Å². The van der Waals surface area contributed by atoms with Crippen LogP contribution in [-0.2, 0) is 0 Å². The standard InChI is InChI=1S/C24H22N4OS/c1-16-4-8-19(9-5-16)22(29)18(3)30-24-27-26-23(20-12-14-25-15-13-20)28(24)21-10-6-17(2)7-11-21/h4-15,18H,1-3H3. The Morgan fingerprint density at radius 1 is 0.867 bits per heavy atom.